The summed E-state index contributed by atoms with van der Waals surface area (Å²) in [6.45, 7) is 0.610. The molecule has 0 bridgehead atoms. The molecule has 0 spiro atoms. The molecule has 1 heterocycles. The maximum absolute atomic E-state index is 5.75. The summed E-state index contributed by atoms with van der Waals surface area (Å²) in [7, 11) is 1.65. The first-order valence-corrected chi connectivity index (χ1v) is 5.05. The maximum Gasteiger partial charge on any atom is 0.233 e. The Bertz CT molecular complexity index is 348. The molecule has 1 aromatic heterocycles. The minimum absolute atomic E-state index is 0.115. The predicted molar refractivity (Wildman–Crippen MR) is 54.4 cm³/mol. The fourth-order valence-electron chi connectivity index (χ4n) is 1.62. The summed E-state index contributed by atoms with van der Waals surface area (Å²) in [5.74, 6) is 1.54. The quantitative estimate of drug-likeness (QED) is 0.736. The third kappa shape index (κ3) is 2.43. The lowest BCUT2D eigenvalue weighted by molar-refractivity contribution is 0.199. The molecule has 0 saturated carbocycles. The van der Waals surface area contributed by atoms with E-state index in [2.05, 4.69) is 10.1 Å². The van der Waals surface area contributed by atoms with Gasteiger partial charge in [-0.3, -0.25) is 0 Å². The van der Waals surface area contributed by atoms with E-state index in [0.29, 0.717) is 24.7 Å². The van der Waals surface area contributed by atoms with Crippen LogP contribution in [0.1, 0.15) is 24.1 Å². The van der Waals surface area contributed by atoms with Gasteiger partial charge in [0, 0.05) is 19.6 Å². The number of rotatable bonds is 4. The average Bonchev–Trinajstić information content (AvgIpc) is 2.83. The second-order valence-electron chi connectivity index (χ2n) is 3.68. The summed E-state index contributed by atoms with van der Waals surface area (Å²) in [6.07, 6.45) is 5.54. The molecule has 1 aromatic rings. The highest BCUT2D eigenvalue weighted by atomic mass is 16.5. The molecule has 0 radical (unpaired) electrons. The molecule has 0 saturated heterocycles. The van der Waals surface area contributed by atoms with Crippen molar-refractivity contribution in [2.45, 2.75) is 24.8 Å². The molecule has 5 heteroatoms. The Morgan fingerprint density at radius 3 is 3.13 bits per heavy atom. The van der Waals surface area contributed by atoms with Crippen LogP contribution in [0.2, 0.25) is 0 Å². The molecule has 5 nitrogen and oxygen atoms in total. The van der Waals surface area contributed by atoms with Crippen LogP contribution in [0.25, 0.3) is 0 Å². The first kappa shape index (κ1) is 10.3. The van der Waals surface area contributed by atoms with Crippen LogP contribution in [-0.4, -0.2) is 29.9 Å². The van der Waals surface area contributed by atoms with Crippen molar-refractivity contribution in [2.75, 3.05) is 13.7 Å². The van der Waals surface area contributed by atoms with Crippen LogP contribution in [0, 0.1) is 0 Å². The van der Waals surface area contributed by atoms with E-state index < -0.39 is 0 Å². The van der Waals surface area contributed by atoms with Gasteiger partial charge in [0.25, 0.3) is 0 Å². The van der Waals surface area contributed by atoms with Crippen LogP contribution in [0.4, 0.5) is 0 Å². The normalized spacial score (nSPS) is 24.9. The van der Waals surface area contributed by atoms with Crippen LogP contribution in [-0.2, 0) is 11.2 Å². The zero-order valence-corrected chi connectivity index (χ0v) is 8.72. The van der Waals surface area contributed by atoms with Gasteiger partial charge in [0.05, 0.1) is 12.5 Å². The highest BCUT2D eigenvalue weighted by Crippen LogP contribution is 2.26. The number of aromatic nitrogens is 2. The largest absolute Gasteiger partial charge is 0.384 e. The van der Waals surface area contributed by atoms with Crippen molar-refractivity contribution in [3.63, 3.8) is 0 Å². The molecule has 2 unspecified atom stereocenters. The number of hydrogen-bond acceptors (Lipinski definition) is 5. The van der Waals surface area contributed by atoms with Crippen molar-refractivity contribution in [2.24, 2.45) is 5.73 Å². The van der Waals surface area contributed by atoms with Crippen LogP contribution in [0.3, 0.4) is 0 Å². The van der Waals surface area contributed by atoms with Gasteiger partial charge in [-0.2, -0.15) is 4.98 Å². The highest BCUT2D eigenvalue weighted by Gasteiger charge is 2.22. The Hall–Kier alpha value is -1.20. The molecule has 2 N–H and O–H groups in total. The third-order valence-corrected chi connectivity index (χ3v) is 2.45. The maximum atomic E-state index is 5.75. The number of ether oxygens (including phenoxy) is 1. The first-order chi connectivity index (χ1) is 7.29. The van der Waals surface area contributed by atoms with Gasteiger partial charge in [0.15, 0.2) is 5.82 Å². The summed E-state index contributed by atoms with van der Waals surface area (Å²) in [5, 5.41) is 3.88. The monoisotopic (exact) mass is 209 g/mol. The van der Waals surface area contributed by atoms with Crippen molar-refractivity contribution in [3.8, 4) is 0 Å². The molecule has 0 fully saturated rings. The van der Waals surface area contributed by atoms with Crippen LogP contribution < -0.4 is 5.73 Å². The molecule has 0 amide bonds. The Labute approximate surface area is 88.3 Å². The van der Waals surface area contributed by atoms with Gasteiger partial charge < -0.3 is 15.0 Å². The lowest BCUT2D eigenvalue weighted by Gasteiger charge is -2.01. The van der Waals surface area contributed by atoms with Crippen molar-refractivity contribution in [1.82, 2.24) is 10.1 Å². The highest BCUT2D eigenvalue weighted by molar-refractivity contribution is 5.15. The van der Waals surface area contributed by atoms with E-state index in [1.54, 1.807) is 7.11 Å². The second-order valence-corrected chi connectivity index (χ2v) is 3.68. The Kier molecular flexibility index (Phi) is 3.13. The topological polar surface area (TPSA) is 74.2 Å². The van der Waals surface area contributed by atoms with Crippen molar-refractivity contribution >= 4 is 0 Å². The zero-order valence-electron chi connectivity index (χ0n) is 8.72. The van der Waals surface area contributed by atoms with Crippen molar-refractivity contribution in [3.05, 3.63) is 23.9 Å². The van der Waals surface area contributed by atoms with E-state index in [-0.39, 0.29) is 12.0 Å². The van der Waals surface area contributed by atoms with E-state index in [4.69, 9.17) is 15.0 Å². The van der Waals surface area contributed by atoms with Gasteiger partial charge in [0.2, 0.25) is 5.89 Å². The number of methoxy groups -OCH3 is 1. The van der Waals surface area contributed by atoms with Crippen molar-refractivity contribution in [1.29, 1.82) is 0 Å². The minimum atomic E-state index is 0.115. The number of allylic oxidation sites excluding steroid dienone is 1. The van der Waals surface area contributed by atoms with Crippen LogP contribution in [0.15, 0.2) is 16.7 Å². The van der Waals surface area contributed by atoms with Gasteiger partial charge in [-0.1, -0.05) is 17.3 Å². The Balaban J connectivity index is 1.98. The van der Waals surface area contributed by atoms with E-state index in [1.165, 1.54) is 0 Å². The van der Waals surface area contributed by atoms with Crippen molar-refractivity contribution < 1.29 is 9.26 Å². The second kappa shape index (κ2) is 4.55. The molecular formula is C10H15N3O2. The van der Waals surface area contributed by atoms with Gasteiger partial charge in [0.1, 0.15) is 0 Å². The summed E-state index contributed by atoms with van der Waals surface area (Å²) in [4.78, 5) is 4.30. The van der Waals surface area contributed by atoms with E-state index in [0.717, 1.165) is 6.42 Å². The fourth-order valence-corrected chi connectivity index (χ4v) is 1.62. The first-order valence-electron chi connectivity index (χ1n) is 5.05. The molecule has 2 atom stereocenters. The number of nitrogens with zero attached hydrogens (tertiary/aromatic N) is 2. The van der Waals surface area contributed by atoms with Crippen LogP contribution >= 0.6 is 0 Å². The lowest BCUT2D eigenvalue weighted by atomic mass is 10.1. The number of hydrogen-bond donors (Lipinski definition) is 1. The summed E-state index contributed by atoms with van der Waals surface area (Å²) >= 11 is 0. The molecule has 82 valence electrons. The smallest absolute Gasteiger partial charge is 0.233 e. The van der Waals surface area contributed by atoms with E-state index in [9.17, 15) is 0 Å². The van der Waals surface area contributed by atoms with Crippen LogP contribution in [0.5, 0.6) is 0 Å². The summed E-state index contributed by atoms with van der Waals surface area (Å²) in [5.41, 5.74) is 5.75. The molecule has 0 aliphatic heterocycles. The van der Waals surface area contributed by atoms with Gasteiger partial charge in [-0.15, -0.1) is 0 Å². The zero-order chi connectivity index (χ0) is 10.7. The fraction of sp³-hybridized carbons (Fsp3) is 0.600. The van der Waals surface area contributed by atoms with Gasteiger partial charge in [-0.05, 0) is 6.42 Å². The SMILES string of the molecule is COCCc1noc(C2C=CC(N)C2)n1. The molecule has 0 aromatic carbocycles. The predicted octanol–water partition coefficient (Wildman–Crippen LogP) is 0.629. The number of nitrogens with two attached hydrogens (primary N) is 1. The average molecular weight is 209 g/mol. The molecular weight excluding hydrogens is 194 g/mol. The summed E-state index contributed by atoms with van der Waals surface area (Å²) in [6, 6.07) is 0.115. The third-order valence-electron chi connectivity index (χ3n) is 2.45. The Morgan fingerprint density at radius 1 is 1.60 bits per heavy atom. The van der Waals surface area contributed by atoms with E-state index >= 15 is 0 Å². The Morgan fingerprint density at radius 2 is 2.47 bits per heavy atom. The molecule has 1 aliphatic carbocycles. The standard InChI is InChI=1S/C10H15N3O2/c1-14-5-4-9-12-10(15-13-9)7-2-3-8(11)6-7/h2-3,7-8H,4-6,11H2,1H3. The molecule has 15 heavy (non-hydrogen) atoms. The lowest BCUT2D eigenvalue weighted by Crippen LogP contribution is -2.14. The van der Waals surface area contributed by atoms with E-state index in [1.807, 2.05) is 12.2 Å². The summed E-state index contributed by atoms with van der Waals surface area (Å²) < 4.78 is 10.1. The van der Waals surface area contributed by atoms with Gasteiger partial charge in [-0.25, -0.2) is 0 Å². The molecule has 2 rings (SSSR count). The minimum Gasteiger partial charge on any atom is -0.384 e. The molecule has 1 aliphatic rings. The van der Waals surface area contributed by atoms with Gasteiger partial charge >= 0.3 is 0 Å².